The van der Waals surface area contributed by atoms with E-state index in [-0.39, 0.29) is 17.6 Å². The predicted molar refractivity (Wildman–Crippen MR) is 114 cm³/mol. The number of benzene rings is 2. The lowest BCUT2D eigenvalue weighted by Crippen LogP contribution is -2.79. The van der Waals surface area contributed by atoms with Crippen LogP contribution in [0.25, 0.3) is 0 Å². The number of fused-ring (bicyclic) bond motifs is 1. The number of phenols is 1. The number of carbonyl (C=O) groups excluding carboxylic acids is 1. The zero-order valence-corrected chi connectivity index (χ0v) is 17.7. The van der Waals surface area contributed by atoms with Crippen LogP contribution in [0.4, 0.5) is 0 Å². The van der Waals surface area contributed by atoms with E-state index in [0.717, 1.165) is 30.5 Å². The second-order valence-electron chi connectivity index (χ2n) is 10.6. The molecular weight excluding hydrogens is 390 g/mol. The van der Waals surface area contributed by atoms with Gasteiger partial charge < -0.3 is 19.8 Å². The number of likely N-dealkylation sites (N-methyl/N-ethyl adjacent to an activating group) is 1. The molecule has 2 spiro atoms. The van der Waals surface area contributed by atoms with Gasteiger partial charge in [-0.05, 0) is 74.9 Å². The van der Waals surface area contributed by atoms with Gasteiger partial charge in [0, 0.05) is 17.0 Å². The van der Waals surface area contributed by atoms with Gasteiger partial charge in [-0.15, -0.1) is 0 Å². The molecular formula is C26H27NO4. The zero-order valence-electron chi connectivity index (χ0n) is 17.7. The standard InChI is InChI=1S/C26H27NO4/c1-27-11-10-25-20-16-6-7-18(28)21(20)31-23(25)22(29)24(14-26(25,30)19(27)12-16)9-8-15-4-2-3-5-17(15)13-24/h2-7,19,23,28,30H,8-14H2,1H3/t19-,23-,24-,25-,26+/m0/s1. The summed E-state index contributed by atoms with van der Waals surface area (Å²) in [6.45, 7) is 0.810. The van der Waals surface area contributed by atoms with Crippen LogP contribution in [0.3, 0.4) is 0 Å². The molecule has 5 aliphatic rings. The van der Waals surface area contributed by atoms with Crippen LogP contribution < -0.4 is 4.74 Å². The lowest BCUT2D eigenvalue weighted by atomic mass is 9.43. The summed E-state index contributed by atoms with van der Waals surface area (Å²) in [5.74, 6) is 0.641. The highest BCUT2D eigenvalue weighted by Crippen LogP contribution is 2.68. The van der Waals surface area contributed by atoms with Gasteiger partial charge in [0.1, 0.15) is 0 Å². The van der Waals surface area contributed by atoms with E-state index in [9.17, 15) is 15.0 Å². The van der Waals surface area contributed by atoms with Crippen molar-refractivity contribution in [1.29, 1.82) is 0 Å². The summed E-state index contributed by atoms with van der Waals surface area (Å²) in [6.07, 6.45) is 3.38. The molecule has 3 aliphatic carbocycles. The molecule has 2 aliphatic heterocycles. The quantitative estimate of drug-likeness (QED) is 0.690. The summed E-state index contributed by atoms with van der Waals surface area (Å²) in [6, 6.07) is 12.0. The number of piperidine rings is 1. The van der Waals surface area contributed by atoms with Gasteiger partial charge in [0.2, 0.25) is 0 Å². The third-order valence-corrected chi connectivity index (χ3v) is 9.37. The summed E-state index contributed by atoms with van der Waals surface area (Å²) in [7, 11) is 2.09. The maximum absolute atomic E-state index is 14.2. The van der Waals surface area contributed by atoms with Crippen LogP contribution in [0.5, 0.6) is 11.5 Å². The smallest absolute Gasteiger partial charge is 0.180 e. The lowest BCUT2D eigenvalue weighted by molar-refractivity contribution is -0.208. The molecule has 2 heterocycles. The molecule has 2 bridgehead atoms. The largest absolute Gasteiger partial charge is 0.504 e. The first kappa shape index (κ1) is 18.2. The number of likely N-dealkylation sites (tertiary alicyclic amines) is 1. The monoisotopic (exact) mass is 417 g/mol. The molecule has 2 fully saturated rings. The molecule has 160 valence electrons. The third kappa shape index (κ3) is 1.90. The summed E-state index contributed by atoms with van der Waals surface area (Å²) in [5.41, 5.74) is 2.10. The fourth-order valence-electron chi connectivity index (χ4n) is 7.96. The lowest BCUT2D eigenvalue weighted by Gasteiger charge is -2.65. The molecule has 0 radical (unpaired) electrons. The molecule has 31 heavy (non-hydrogen) atoms. The molecule has 0 aromatic heterocycles. The van der Waals surface area contributed by atoms with E-state index in [2.05, 4.69) is 30.1 Å². The average molecular weight is 418 g/mol. The number of aliphatic hydroxyl groups is 1. The average Bonchev–Trinajstić information content (AvgIpc) is 3.12. The molecule has 5 nitrogen and oxygen atoms in total. The Balaban J connectivity index is 1.46. The van der Waals surface area contributed by atoms with Crippen molar-refractivity contribution in [3.8, 4) is 11.5 Å². The minimum absolute atomic E-state index is 0.0579. The summed E-state index contributed by atoms with van der Waals surface area (Å²) >= 11 is 0. The Bertz CT molecular complexity index is 1160. The van der Waals surface area contributed by atoms with Crippen molar-refractivity contribution >= 4 is 5.78 Å². The number of rotatable bonds is 0. The molecule has 2 aromatic carbocycles. The number of carbonyl (C=O) groups is 1. The number of ketones is 1. The van der Waals surface area contributed by atoms with Crippen LogP contribution in [0.15, 0.2) is 36.4 Å². The Labute approximate surface area is 181 Å². The Hall–Kier alpha value is -2.37. The highest BCUT2D eigenvalue weighted by atomic mass is 16.5. The number of ether oxygens (including phenoxy) is 1. The number of phenolic OH excluding ortho intramolecular Hbond substituents is 1. The van der Waals surface area contributed by atoms with Crippen LogP contribution in [-0.2, 0) is 29.5 Å². The van der Waals surface area contributed by atoms with Crippen molar-refractivity contribution in [2.24, 2.45) is 5.41 Å². The highest BCUT2D eigenvalue weighted by Gasteiger charge is 2.76. The van der Waals surface area contributed by atoms with Gasteiger partial charge in [-0.3, -0.25) is 4.79 Å². The first-order chi connectivity index (χ1) is 14.9. The maximum Gasteiger partial charge on any atom is 0.180 e. The van der Waals surface area contributed by atoms with Gasteiger partial charge in [-0.1, -0.05) is 30.3 Å². The van der Waals surface area contributed by atoms with E-state index in [1.54, 1.807) is 6.07 Å². The predicted octanol–water partition coefficient (Wildman–Crippen LogP) is 2.53. The van der Waals surface area contributed by atoms with Crippen molar-refractivity contribution in [3.63, 3.8) is 0 Å². The first-order valence-electron chi connectivity index (χ1n) is 11.5. The Morgan fingerprint density at radius 2 is 1.90 bits per heavy atom. The topological polar surface area (TPSA) is 70.0 Å². The summed E-state index contributed by atoms with van der Waals surface area (Å²) < 4.78 is 6.36. The van der Waals surface area contributed by atoms with Gasteiger partial charge in [0.15, 0.2) is 23.4 Å². The minimum atomic E-state index is -1.06. The van der Waals surface area contributed by atoms with Crippen LogP contribution >= 0.6 is 0 Å². The Kier molecular flexibility index (Phi) is 3.24. The molecule has 0 unspecified atom stereocenters. The first-order valence-corrected chi connectivity index (χ1v) is 11.5. The fourth-order valence-corrected chi connectivity index (χ4v) is 7.96. The van der Waals surface area contributed by atoms with E-state index < -0.39 is 22.5 Å². The van der Waals surface area contributed by atoms with Crippen LogP contribution in [0.2, 0.25) is 0 Å². The second kappa shape index (κ2) is 5.51. The summed E-state index contributed by atoms with van der Waals surface area (Å²) in [5, 5.41) is 23.2. The molecule has 5 atom stereocenters. The van der Waals surface area contributed by atoms with Crippen molar-refractivity contribution < 1.29 is 19.7 Å². The van der Waals surface area contributed by atoms with Crippen molar-refractivity contribution in [3.05, 3.63) is 58.7 Å². The molecule has 7 rings (SSSR count). The van der Waals surface area contributed by atoms with E-state index in [1.165, 1.54) is 11.1 Å². The van der Waals surface area contributed by atoms with Crippen LogP contribution in [0.1, 0.15) is 41.5 Å². The molecule has 1 saturated heterocycles. The number of aromatic hydroxyl groups is 1. The number of Topliss-reactive ketones (excluding diaryl/α,β-unsaturated/α-hetero) is 1. The van der Waals surface area contributed by atoms with Gasteiger partial charge in [0.25, 0.3) is 0 Å². The zero-order chi connectivity index (χ0) is 21.2. The second-order valence-corrected chi connectivity index (χ2v) is 10.6. The van der Waals surface area contributed by atoms with Gasteiger partial charge >= 0.3 is 0 Å². The van der Waals surface area contributed by atoms with Crippen molar-refractivity contribution in [2.75, 3.05) is 13.6 Å². The van der Waals surface area contributed by atoms with E-state index >= 15 is 0 Å². The van der Waals surface area contributed by atoms with Crippen molar-refractivity contribution in [2.45, 2.75) is 61.7 Å². The number of aryl methyl sites for hydroxylation is 1. The molecule has 5 heteroatoms. The Morgan fingerprint density at radius 1 is 1.10 bits per heavy atom. The van der Waals surface area contributed by atoms with Gasteiger partial charge in [-0.25, -0.2) is 0 Å². The van der Waals surface area contributed by atoms with E-state index in [4.69, 9.17) is 4.74 Å². The van der Waals surface area contributed by atoms with Gasteiger partial charge in [-0.2, -0.15) is 0 Å². The highest BCUT2D eigenvalue weighted by molar-refractivity contribution is 5.95. The third-order valence-electron chi connectivity index (χ3n) is 9.37. The normalized spacial score (nSPS) is 39.7. The van der Waals surface area contributed by atoms with Gasteiger partial charge in [0.05, 0.1) is 11.0 Å². The summed E-state index contributed by atoms with van der Waals surface area (Å²) in [4.78, 5) is 16.5. The van der Waals surface area contributed by atoms with Crippen LogP contribution in [-0.4, -0.2) is 52.2 Å². The molecule has 2 N–H and O–H groups in total. The van der Waals surface area contributed by atoms with Crippen LogP contribution in [0, 0.1) is 5.41 Å². The van der Waals surface area contributed by atoms with E-state index in [1.807, 2.05) is 12.1 Å². The molecule has 1 saturated carbocycles. The number of hydrogen-bond donors (Lipinski definition) is 2. The number of nitrogens with zero attached hydrogens (tertiary/aromatic N) is 1. The fraction of sp³-hybridized carbons (Fsp3) is 0.500. The van der Waals surface area contributed by atoms with E-state index in [0.29, 0.717) is 31.4 Å². The molecule has 0 amide bonds. The number of hydrogen-bond acceptors (Lipinski definition) is 5. The van der Waals surface area contributed by atoms with Crippen molar-refractivity contribution in [1.82, 2.24) is 4.90 Å². The SMILES string of the molecule is CN1CC[C@]23c4c5ccc(O)c4O[C@H]2C(=O)[C@]2(CCc4ccccc4C2)C[C@@]3(O)[C@@H]1C5. The Morgan fingerprint density at radius 3 is 2.74 bits per heavy atom. The molecule has 2 aromatic rings. The minimum Gasteiger partial charge on any atom is -0.504 e. The maximum atomic E-state index is 14.2.